The third-order valence-corrected chi connectivity index (χ3v) is 1.01. The van der Waals surface area contributed by atoms with E-state index in [-0.39, 0.29) is 29.6 Å². The van der Waals surface area contributed by atoms with E-state index in [1.54, 1.807) is 0 Å². The second kappa shape index (κ2) is 4.76. The Kier molecular flexibility index (Phi) is 4.74. The summed E-state index contributed by atoms with van der Waals surface area (Å²) in [5.74, 6) is 0. The van der Waals surface area contributed by atoms with E-state index in [0.29, 0.717) is 4.77 Å². The summed E-state index contributed by atoms with van der Waals surface area (Å²) in [5, 5.41) is 13.5. The molecule has 0 spiro atoms. The molecule has 0 aliphatic carbocycles. The van der Waals surface area contributed by atoms with Crippen LogP contribution in [0, 0.1) is 4.77 Å². The molecule has 0 aliphatic heterocycles. The molecule has 0 aromatic carbocycles. The molecular formula is C4H7N5NaS. The number of nitrogens with zero attached hydrogens (tertiary/aromatic N) is 4. The zero-order chi connectivity index (χ0) is 7.56. The Bertz CT molecular complexity index is 295. The first-order chi connectivity index (χ1) is 4.70. The summed E-state index contributed by atoms with van der Waals surface area (Å²) in [5.41, 5.74) is 0.891. The van der Waals surface area contributed by atoms with Crippen molar-refractivity contribution in [1.29, 1.82) is 0 Å². The molecule has 0 atom stereocenters. The van der Waals surface area contributed by atoms with Crippen LogP contribution in [0.5, 0.6) is 0 Å². The fourth-order valence-corrected chi connectivity index (χ4v) is 0.580. The molecule has 1 aromatic heterocycles. The first kappa shape index (κ1) is 11.0. The van der Waals surface area contributed by atoms with Gasteiger partial charge in [-0.05, 0) is 31.3 Å². The van der Waals surface area contributed by atoms with E-state index < -0.39 is 0 Å². The van der Waals surface area contributed by atoms with Crippen molar-refractivity contribution in [3.05, 3.63) is 4.77 Å². The summed E-state index contributed by atoms with van der Waals surface area (Å²) in [7, 11) is 0. The monoisotopic (exact) mass is 180 g/mol. The van der Waals surface area contributed by atoms with E-state index in [1.165, 1.54) is 4.79 Å². The maximum Gasteiger partial charge on any atom is 0.260 e. The van der Waals surface area contributed by atoms with Crippen LogP contribution in [0.2, 0.25) is 0 Å². The van der Waals surface area contributed by atoms with E-state index in [0.717, 1.165) is 5.71 Å². The Hall–Kier alpha value is -0.0400. The molecule has 1 radical (unpaired) electrons. The molecule has 0 unspecified atom stereocenters. The van der Waals surface area contributed by atoms with Gasteiger partial charge in [0.15, 0.2) is 0 Å². The van der Waals surface area contributed by atoms with Crippen molar-refractivity contribution in [2.45, 2.75) is 13.8 Å². The van der Waals surface area contributed by atoms with Crippen molar-refractivity contribution < 1.29 is 0 Å². The SMILES string of the molecule is CC(C)=Nn1[nH]nnc1=S.[Na]. The van der Waals surface area contributed by atoms with Crippen LogP contribution < -0.4 is 0 Å². The van der Waals surface area contributed by atoms with Crippen LogP contribution in [0.4, 0.5) is 0 Å². The van der Waals surface area contributed by atoms with E-state index >= 15 is 0 Å². The number of nitrogens with one attached hydrogen (secondary N) is 1. The number of aromatic amines is 1. The number of aromatic nitrogens is 4. The summed E-state index contributed by atoms with van der Waals surface area (Å²) in [6.07, 6.45) is 0. The average molecular weight is 180 g/mol. The Labute approximate surface area is 91.1 Å². The van der Waals surface area contributed by atoms with Gasteiger partial charge in [0.2, 0.25) is 0 Å². The molecule has 1 rings (SSSR count). The first-order valence-electron chi connectivity index (χ1n) is 2.72. The third kappa shape index (κ3) is 3.24. The number of rotatable bonds is 1. The van der Waals surface area contributed by atoms with Gasteiger partial charge in [0.1, 0.15) is 0 Å². The predicted molar refractivity (Wildman–Crippen MR) is 45.1 cm³/mol. The Morgan fingerprint density at radius 1 is 1.64 bits per heavy atom. The van der Waals surface area contributed by atoms with Gasteiger partial charge >= 0.3 is 0 Å². The van der Waals surface area contributed by atoms with E-state index in [9.17, 15) is 0 Å². The molecule has 1 heterocycles. The molecule has 1 N–H and O–H groups in total. The molecule has 11 heavy (non-hydrogen) atoms. The third-order valence-electron chi connectivity index (χ3n) is 0.756. The summed E-state index contributed by atoms with van der Waals surface area (Å²) < 4.78 is 0.334. The quantitative estimate of drug-likeness (QED) is 0.381. The Morgan fingerprint density at radius 2 is 2.27 bits per heavy atom. The second-order valence-electron chi connectivity index (χ2n) is 1.94. The van der Waals surface area contributed by atoms with Crippen molar-refractivity contribution in [1.82, 2.24) is 20.3 Å². The zero-order valence-corrected chi connectivity index (χ0v) is 9.51. The van der Waals surface area contributed by atoms with Gasteiger partial charge in [-0.25, -0.2) is 0 Å². The summed E-state index contributed by atoms with van der Waals surface area (Å²) in [6, 6.07) is 0. The predicted octanol–water partition coefficient (Wildman–Crippen LogP) is 0.199. The zero-order valence-electron chi connectivity index (χ0n) is 6.70. The molecule has 0 saturated heterocycles. The van der Waals surface area contributed by atoms with Gasteiger partial charge in [0, 0.05) is 35.3 Å². The molecule has 7 heteroatoms. The molecule has 0 aliphatic rings. The molecule has 1 aromatic rings. The van der Waals surface area contributed by atoms with Gasteiger partial charge in [-0.3, -0.25) is 0 Å². The summed E-state index contributed by atoms with van der Waals surface area (Å²) in [6.45, 7) is 3.73. The van der Waals surface area contributed by atoms with Gasteiger partial charge in [0.05, 0.1) is 0 Å². The van der Waals surface area contributed by atoms with Gasteiger partial charge in [-0.2, -0.15) is 10.3 Å². The van der Waals surface area contributed by atoms with Crippen molar-refractivity contribution in [3.63, 3.8) is 0 Å². The van der Waals surface area contributed by atoms with Crippen LogP contribution in [0.1, 0.15) is 13.8 Å². The van der Waals surface area contributed by atoms with Gasteiger partial charge in [0.25, 0.3) is 4.77 Å². The van der Waals surface area contributed by atoms with Crippen LogP contribution in [-0.4, -0.2) is 55.6 Å². The standard InChI is InChI=1S/C4H7N5S.Na/c1-3(2)6-9-4(10)5-7-8-9;/h1-2H3,(H,5,8,10);. The number of H-pyrrole nitrogens is 1. The number of hydrogen-bond acceptors (Lipinski definition) is 4. The van der Waals surface area contributed by atoms with Crippen molar-refractivity contribution in [2.24, 2.45) is 5.10 Å². The number of hydrogen-bond donors (Lipinski definition) is 1. The van der Waals surface area contributed by atoms with E-state index in [2.05, 4.69) is 20.6 Å². The maximum absolute atomic E-state index is 4.75. The minimum atomic E-state index is 0. The fourth-order valence-electron chi connectivity index (χ4n) is 0.458. The summed E-state index contributed by atoms with van der Waals surface area (Å²) >= 11 is 4.75. The first-order valence-corrected chi connectivity index (χ1v) is 3.13. The molecule has 0 fully saturated rings. The topological polar surface area (TPSA) is 58.9 Å². The average Bonchev–Trinajstić information content (AvgIpc) is 2.15. The largest absolute Gasteiger partial charge is 0.260 e. The normalized spacial score (nSPS) is 8.55. The van der Waals surface area contributed by atoms with Crippen LogP contribution in [0.3, 0.4) is 0 Å². The maximum atomic E-state index is 4.75. The molecular weight excluding hydrogens is 173 g/mol. The van der Waals surface area contributed by atoms with Crippen molar-refractivity contribution in [2.75, 3.05) is 0 Å². The van der Waals surface area contributed by atoms with E-state index in [1.807, 2.05) is 13.8 Å². The minimum Gasteiger partial charge on any atom is -0.176 e. The van der Waals surface area contributed by atoms with Crippen LogP contribution in [-0.2, 0) is 0 Å². The van der Waals surface area contributed by atoms with E-state index in [4.69, 9.17) is 12.2 Å². The Balaban J connectivity index is 0.000001000. The van der Waals surface area contributed by atoms with Crippen LogP contribution in [0.15, 0.2) is 5.10 Å². The number of tetrazole rings is 1. The molecule has 0 amide bonds. The molecule has 0 bridgehead atoms. The minimum absolute atomic E-state index is 0. The van der Waals surface area contributed by atoms with Gasteiger partial charge in [-0.1, -0.05) is 5.10 Å². The fraction of sp³-hybridized carbons (Fsp3) is 0.500. The van der Waals surface area contributed by atoms with Gasteiger partial charge < -0.3 is 0 Å². The van der Waals surface area contributed by atoms with Crippen molar-refractivity contribution in [3.8, 4) is 0 Å². The van der Waals surface area contributed by atoms with Crippen molar-refractivity contribution >= 4 is 47.5 Å². The Morgan fingerprint density at radius 3 is 2.64 bits per heavy atom. The smallest absolute Gasteiger partial charge is 0.176 e. The van der Waals surface area contributed by atoms with Crippen LogP contribution in [0.25, 0.3) is 0 Å². The van der Waals surface area contributed by atoms with Crippen LogP contribution >= 0.6 is 12.2 Å². The molecule has 55 valence electrons. The van der Waals surface area contributed by atoms with Gasteiger partial charge in [-0.15, -0.1) is 4.79 Å². The second-order valence-corrected chi connectivity index (χ2v) is 2.31. The molecule has 0 saturated carbocycles. The molecule has 5 nitrogen and oxygen atoms in total. The summed E-state index contributed by atoms with van der Waals surface area (Å²) in [4.78, 5) is 1.34.